The van der Waals surface area contributed by atoms with Gasteiger partial charge in [0, 0.05) is 6.54 Å². The van der Waals surface area contributed by atoms with Gasteiger partial charge in [-0.3, -0.25) is 4.79 Å². The van der Waals surface area contributed by atoms with Crippen molar-refractivity contribution < 1.29 is 17.6 Å². The number of nitrogens with zero attached hydrogens (tertiary/aromatic N) is 1. The number of anilines is 1. The Hall–Kier alpha value is -1.47. The molecule has 1 aliphatic rings. The van der Waals surface area contributed by atoms with Crippen molar-refractivity contribution in [2.45, 2.75) is 32.2 Å². The largest absolute Gasteiger partial charge is 0.322 e. The van der Waals surface area contributed by atoms with Crippen LogP contribution in [0.25, 0.3) is 0 Å². The lowest BCUT2D eigenvalue weighted by Gasteiger charge is -2.32. The topological polar surface area (TPSA) is 66.5 Å². The van der Waals surface area contributed by atoms with Crippen molar-refractivity contribution in [1.29, 1.82) is 0 Å². The number of carbonyl (C=O) groups excluding carboxylic acids is 1. The molecule has 5 nitrogen and oxygen atoms in total. The molecule has 1 unspecified atom stereocenters. The van der Waals surface area contributed by atoms with E-state index in [9.17, 15) is 17.6 Å². The molecule has 0 saturated carbocycles. The summed E-state index contributed by atoms with van der Waals surface area (Å²) in [6.45, 7) is 2.08. The highest BCUT2D eigenvalue weighted by atomic mass is 32.2. The van der Waals surface area contributed by atoms with Crippen LogP contribution in [0.3, 0.4) is 0 Å². The Morgan fingerprint density at radius 1 is 1.38 bits per heavy atom. The number of hydrogen-bond acceptors (Lipinski definition) is 3. The number of piperidine rings is 1. The van der Waals surface area contributed by atoms with Gasteiger partial charge in [0.15, 0.2) is 0 Å². The number of sulfonamides is 1. The smallest absolute Gasteiger partial charge is 0.242 e. The van der Waals surface area contributed by atoms with E-state index in [4.69, 9.17) is 0 Å². The highest BCUT2D eigenvalue weighted by Gasteiger charge is 2.34. The van der Waals surface area contributed by atoms with E-state index in [1.807, 2.05) is 0 Å². The Kier molecular flexibility index (Phi) is 4.63. The van der Waals surface area contributed by atoms with Gasteiger partial charge >= 0.3 is 0 Å². The molecule has 0 spiro atoms. The summed E-state index contributed by atoms with van der Waals surface area (Å²) in [7, 11) is -3.45. The van der Waals surface area contributed by atoms with Crippen molar-refractivity contribution in [2.24, 2.45) is 0 Å². The van der Waals surface area contributed by atoms with Gasteiger partial charge in [0.25, 0.3) is 0 Å². The normalized spacial score (nSPS) is 20.2. The fourth-order valence-corrected chi connectivity index (χ4v) is 3.63. The third-order valence-corrected chi connectivity index (χ3v) is 4.85. The maximum atomic E-state index is 13.8. The second kappa shape index (κ2) is 6.11. The summed E-state index contributed by atoms with van der Waals surface area (Å²) in [5, 5.41) is 2.49. The number of carbonyl (C=O) groups is 1. The van der Waals surface area contributed by atoms with E-state index in [0.717, 1.165) is 24.7 Å². The standard InChI is InChI=1S/C14H19FN2O3S/c1-10-6-7-12(11(15)9-10)16-14(18)13-5-3-4-8-17(13)21(2,19)20/h6-7,9,13H,3-5,8H2,1-2H3,(H,16,18). The Labute approximate surface area is 124 Å². The molecule has 1 fully saturated rings. The first-order chi connectivity index (χ1) is 9.79. The predicted octanol–water partition coefficient (Wildman–Crippen LogP) is 1.89. The molecule has 1 aliphatic heterocycles. The zero-order chi connectivity index (χ0) is 15.6. The maximum Gasteiger partial charge on any atom is 0.242 e. The molecule has 1 aromatic rings. The van der Waals surface area contributed by atoms with Crippen LogP contribution in [0.4, 0.5) is 10.1 Å². The van der Waals surface area contributed by atoms with Crippen molar-refractivity contribution in [3.8, 4) is 0 Å². The van der Waals surface area contributed by atoms with Crippen LogP contribution in [-0.4, -0.2) is 37.5 Å². The van der Waals surface area contributed by atoms with Crippen molar-refractivity contribution in [3.05, 3.63) is 29.6 Å². The van der Waals surface area contributed by atoms with Crippen molar-refractivity contribution >= 4 is 21.6 Å². The molecule has 1 aromatic carbocycles. The van der Waals surface area contributed by atoms with E-state index in [1.54, 1.807) is 13.0 Å². The van der Waals surface area contributed by atoms with Gasteiger partial charge in [0.2, 0.25) is 15.9 Å². The number of benzene rings is 1. The van der Waals surface area contributed by atoms with Crippen LogP contribution >= 0.6 is 0 Å². The van der Waals surface area contributed by atoms with Crippen LogP contribution in [-0.2, 0) is 14.8 Å². The summed E-state index contributed by atoms with van der Waals surface area (Å²) in [6.07, 6.45) is 3.05. The van der Waals surface area contributed by atoms with Gasteiger partial charge in [-0.2, -0.15) is 4.31 Å². The number of aryl methyl sites for hydroxylation is 1. The molecule has 1 N–H and O–H groups in total. The minimum atomic E-state index is -3.45. The third kappa shape index (κ3) is 3.79. The zero-order valence-electron chi connectivity index (χ0n) is 12.1. The average molecular weight is 314 g/mol. The number of halogens is 1. The molecule has 1 saturated heterocycles. The summed E-state index contributed by atoms with van der Waals surface area (Å²) in [5.74, 6) is -1.01. The van der Waals surface area contributed by atoms with E-state index in [2.05, 4.69) is 5.32 Å². The fourth-order valence-electron chi connectivity index (χ4n) is 2.50. The highest BCUT2D eigenvalue weighted by Crippen LogP contribution is 2.22. The molecule has 116 valence electrons. The second-order valence-corrected chi connectivity index (χ2v) is 7.29. The summed E-state index contributed by atoms with van der Waals surface area (Å²) in [6, 6.07) is 3.73. The van der Waals surface area contributed by atoms with Gasteiger partial charge in [-0.05, 0) is 37.5 Å². The van der Waals surface area contributed by atoms with Crippen LogP contribution in [0, 0.1) is 12.7 Å². The van der Waals surface area contributed by atoms with E-state index < -0.39 is 27.8 Å². The van der Waals surface area contributed by atoms with Crippen LogP contribution in [0.1, 0.15) is 24.8 Å². The minimum absolute atomic E-state index is 0.0737. The molecule has 21 heavy (non-hydrogen) atoms. The molecule has 0 aliphatic carbocycles. The molecule has 7 heteroatoms. The highest BCUT2D eigenvalue weighted by molar-refractivity contribution is 7.88. The first kappa shape index (κ1) is 15.9. The Morgan fingerprint density at radius 3 is 2.71 bits per heavy atom. The molecule has 2 rings (SSSR count). The van der Waals surface area contributed by atoms with Gasteiger partial charge in [0.05, 0.1) is 11.9 Å². The number of amides is 1. The van der Waals surface area contributed by atoms with Gasteiger partial charge in [-0.25, -0.2) is 12.8 Å². The van der Waals surface area contributed by atoms with Gasteiger partial charge < -0.3 is 5.32 Å². The number of rotatable bonds is 3. The molecule has 1 atom stereocenters. The van der Waals surface area contributed by atoms with Crippen LogP contribution in [0.2, 0.25) is 0 Å². The summed E-state index contributed by atoms with van der Waals surface area (Å²) in [4.78, 5) is 12.3. The van der Waals surface area contributed by atoms with Gasteiger partial charge in [-0.15, -0.1) is 0 Å². The summed E-state index contributed by atoms with van der Waals surface area (Å²) < 4.78 is 38.4. The lowest BCUT2D eigenvalue weighted by molar-refractivity contribution is -0.120. The molecule has 0 radical (unpaired) electrons. The lowest BCUT2D eigenvalue weighted by Crippen LogP contribution is -2.49. The SMILES string of the molecule is Cc1ccc(NC(=O)C2CCCCN2S(C)(=O)=O)c(F)c1. The van der Waals surface area contributed by atoms with Crippen LogP contribution in [0.5, 0.6) is 0 Å². The first-order valence-electron chi connectivity index (χ1n) is 6.83. The first-order valence-corrected chi connectivity index (χ1v) is 8.67. The van der Waals surface area contributed by atoms with E-state index >= 15 is 0 Å². The van der Waals surface area contributed by atoms with E-state index in [1.165, 1.54) is 16.4 Å². The lowest BCUT2D eigenvalue weighted by atomic mass is 10.0. The Bertz CT molecular complexity index is 646. The Balaban J connectivity index is 2.18. The minimum Gasteiger partial charge on any atom is -0.322 e. The zero-order valence-corrected chi connectivity index (χ0v) is 12.9. The van der Waals surface area contributed by atoms with Crippen LogP contribution < -0.4 is 5.32 Å². The molecular weight excluding hydrogens is 295 g/mol. The van der Waals surface area contributed by atoms with Crippen LogP contribution in [0.15, 0.2) is 18.2 Å². The molecule has 1 amide bonds. The maximum absolute atomic E-state index is 13.8. The van der Waals surface area contributed by atoms with E-state index in [-0.39, 0.29) is 5.69 Å². The average Bonchev–Trinajstić information content (AvgIpc) is 2.41. The third-order valence-electron chi connectivity index (χ3n) is 3.56. The van der Waals surface area contributed by atoms with Gasteiger partial charge in [0.1, 0.15) is 11.9 Å². The molecule has 1 heterocycles. The number of hydrogen-bond donors (Lipinski definition) is 1. The summed E-state index contributed by atoms with van der Waals surface area (Å²) >= 11 is 0. The van der Waals surface area contributed by atoms with Gasteiger partial charge in [-0.1, -0.05) is 12.5 Å². The summed E-state index contributed by atoms with van der Waals surface area (Å²) in [5.41, 5.74) is 0.825. The monoisotopic (exact) mass is 314 g/mol. The van der Waals surface area contributed by atoms with Crippen molar-refractivity contribution in [2.75, 3.05) is 18.1 Å². The number of nitrogens with one attached hydrogen (secondary N) is 1. The van der Waals surface area contributed by atoms with Crippen molar-refractivity contribution in [3.63, 3.8) is 0 Å². The van der Waals surface area contributed by atoms with E-state index in [0.29, 0.717) is 13.0 Å². The predicted molar refractivity (Wildman–Crippen MR) is 79.0 cm³/mol. The Morgan fingerprint density at radius 2 is 2.10 bits per heavy atom. The molecule has 0 aromatic heterocycles. The fraction of sp³-hybridized carbons (Fsp3) is 0.500. The quantitative estimate of drug-likeness (QED) is 0.926. The molecule has 0 bridgehead atoms. The second-order valence-electron chi connectivity index (χ2n) is 5.36. The van der Waals surface area contributed by atoms with Crippen molar-refractivity contribution in [1.82, 2.24) is 4.31 Å². The molecular formula is C14H19FN2O3S.